The summed E-state index contributed by atoms with van der Waals surface area (Å²) in [5, 5.41) is 0. The topological polar surface area (TPSA) is 30.9 Å². The fraction of sp³-hybridized carbons (Fsp3) is 1.00. The van der Waals surface area contributed by atoms with Crippen molar-refractivity contribution in [1.82, 2.24) is 4.90 Å². The monoisotopic (exact) mass is 305 g/mol. The van der Waals surface area contributed by atoms with Gasteiger partial charge in [-0.2, -0.15) is 0 Å². The summed E-state index contributed by atoms with van der Waals surface area (Å²) in [6, 6.07) is 1.21. The molecule has 0 spiro atoms. The number of likely N-dealkylation sites (N-methyl/N-ethyl adjacent to an activating group) is 1. The van der Waals surface area contributed by atoms with Crippen LogP contribution >= 0.6 is 0 Å². The fourth-order valence-corrected chi connectivity index (χ4v) is 4.08. The van der Waals surface area contributed by atoms with E-state index in [0.29, 0.717) is 0 Å². The smallest absolute Gasteiger partial charge is 0.142 e. The molecule has 0 aromatic heterocycles. The minimum absolute atomic E-state index is 0.287. The molecule has 0 aromatic carbocycles. The van der Waals surface area contributed by atoms with E-state index in [1.54, 1.807) is 0 Å². The van der Waals surface area contributed by atoms with Crippen LogP contribution in [-0.4, -0.2) is 65.9 Å². The first kappa shape index (κ1) is 20.1. The summed E-state index contributed by atoms with van der Waals surface area (Å²) in [6.45, 7) is 16.9. The second-order valence-electron chi connectivity index (χ2n) is 5.10. The molecule has 0 aliphatic carbocycles. The lowest BCUT2D eigenvalue weighted by molar-refractivity contribution is -0.163. The maximum atomic E-state index is 5.75. The highest BCUT2D eigenvalue weighted by Crippen LogP contribution is 2.13. The molecular formula is C15H35NO3Si. The molecule has 20 heavy (non-hydrogen) atoms. The van der Waals surface area contributed by atoms with Crippen molar-refractivity contribution in [1.29, 1.82) is 0 Å². The molecular weight excluding hydrogens is 270 g/mol. The summed E-state index contributed by atoms with van der Waals surface area (Å²) in [7, 11) is -0.387. The third-order valence-electron chi connectivity index (χ3n) is 3.52. The van der Waals surface area contributed by atoms with E-state index in [1.165, 1.54) is 6.04 Å². The molecule has 4 nitrogen and oxygen atoms in total. The lowest BCUT2D eigenvalue weighted by Gasteiger charge is -2.29. The molecule has 122 valence electrons. The molecule has 0 radical (unpaired) electrons. The Labute approximate surface area is 128 Å². The van der Waals surface area contributed by atoms with Crippen molar-refractivity contribution >= 4 is 9.52 Å². The van der Waals surface area contributed by atoms with Crippen LogP contribution in [-0.2, 0) is 14.2 Å². The van der Waals surface area contributed by atoms with Crippen molar-refractivity contribution < 1.29 is 14.2 Å². The molecule has 0 N–H and O–H groups in total. The third-order valence-corrected chi connectivity index (χ3v) is 5.69. The standard InChI is InChI=1S/C15H35NO3Si/c1-6-16(7-2)11-13-17-12-10-14-20-15(5,18-8-3)19-9-4/h6-14,20H2,1-5H3. The van der Waals surface area contributed by atoms with Crippen molar-refractivity contribution in [3.05, 3.63) is 0 Å². The fourth-order valence-electron chi connectivity index (χ4n) is 2.28. The Morgan fingerprint density at radius 1 is 0.950 bits per heavy atom. The van der Waals surface area contributed by atoms with Gasteiger partial charge in [-0.1, -0.05) is 19.9 Å². The summed E-state index contributed by atoms with van der Waals surface area (Å²) in [5.74, 6) is 0. The van der Waals surface area contributed by atoms with Crippen molar-refractivity contribution in [2.45, 2.75) is 52.5 Å². The van der Waals surface area contributed by atoms with Crippen LogP contribution in [0.15, 0.2) is 0 Å². The lowest BCUT2D eigenvalue weighted by atomic mass is 10.5. The quantitative estimate of drug-likeness (QED) is 0.279. The molecule has 0 saturated heterocycles. The van der Waals surface area contributed by atoms with E-state index in [4.69, 9.17) is 14.2 Å². The van der Waals surface area contributed by atoms with Crippen LogP contribution in [0.4, 0.5) is 0 Å². The Morgan fingerprint density at radius 3 is 2.05 bits per heavy atom. The Balaban J connectivity index is 3.59. The predicted molar refractivity (Wildman–Crippen MR) is 88.2 cm³/mol. The molecule has 0 bridgehead atoms. The van der Waals surface area contributed by atoms with Crippen molar-refractivity contribution in [2.24, 2.45) is 0 Å². The second-order valence-corrected chi connectivity index (χ2v) is 7.59. The first-order chi connectivity index (χ1) is 9.61. The van der Waals surface area contributed by atoms with E-state index in [1.807, 2.05) is 13.8 Å². The van der Waals surface area contributed by atoms with Crippen LogP contribution in [0.5, 0.6) is 0 Å². The van der Waals surface area contributed by atoms with E-state index in [2.05, 4.69) is 25.7 Å². The van der Waals surface area contributed by atoms with E-state index >= 15 is 0 Å². The molecule has 0 fully saturated rings. The SMILES string of the molecule is CCOC(C)(OCC)[SiH2]CCCOCCN(CC)CC. The van der Waals surface area contributed by atoms with Crippen LogP contribution in [0.2, 0.25) is 6.04 Å². The van der Waals surface area contributed by atoms with Gasteiger partial charge in [0.1, 0.15) is 5.41 Å². The van der Waals surface area contributed by atoms with Crippen LogP contribution in [0.1, 0.15) is 41.0 Å². The summed E-state index contributed by atoms with van der Waals surface area (Å²) < 4.78 is 17.2. The zero-order valence-electron chi connectivity index (χ0n) is 14.2. The normalized spacial score (nSPS) is 12.9. The molecule has 0 aliphatic heterocycles. The predicted octanol–water partition coefficient (Wildman–Crippen LogP) is 2.07. The number of hydrogen-bond acceptors (Lipinski definition) is 4. The molecule has 0 aliphatic rings. The largest absolute Gasteiger partial charge is 0.380 e. The highest BCUT2D eigenvalue weighted by Gasteiger charge is 2.24. The van der Waals surface area contributed by atoms with Gasteiger partial charge in [-0.05, 0) is 40.3 Å². The van der Waals surface area contributed by atoms with Gasteiger partial charge >= 0.3 is 0 Å². The Hall–Kier alpha value is 0.0569. The first-order valence-electron chi connectivity index (χ1n) is 8.19. The van der Waals surface area contributed by atoms with Crippen molar-refractivity contribution in [3.8, 4) is 0 Å². The van der Waals surface area contributed by atoms with Gasteiger partial charge in [0, 0.05) is 26.4 Å². The van der Waals surface area contributed by atoms with Crippen LogP contribution in [0.25, 0.3) is 0 Å². The average Bonchev–Trinajstić information content (AvgIpc) is 2.42. The summed E-state index contributed by atoms with van der Waals surface area (Å²) >= 11 is 0. The van der Waals surface area contributed by atoms with Gasteiger partial charge in [0.2, 0.25) is 0 Å². The Bertz CT molecular complexity index is 207. The van der Waals surface area contributed by atoms with Gasteiger partial charge in [0.05, 0.1) is 16.1 Å². The number of nitrogens with zero attached hydrogens (tertiary/aromatic N) is 1. The minimum Gasteiger partial charge on any atom is -0.380 e. The van der Waals surface area contributed by atoms with E-state index in [0.717, 1.165) is 52.5 Å². The summed E-state index contributed by atoms with van der Waals surface area (Å²) in [6.07, 6.45) is 1.13. The number of rotatable bonds is 14. The van der Waals surface area contributed by atoms with Gasteiger partial charge in [0.15, 0.2) is 0 Å². The van der Waals surface area contributed by atoms with Gasteiger partial charge in [-0.25, -0.2) is 0 Å². The number of ether oxygens (including phenoxy) is 3. The van der Waals surface area contributed by atoms with E-state index in [9.17, 15) is 0 Å². The van der Waals surface area contributed by atoms with Crippen LogP contribution < -0.4 is 0 Å². The molecule has 0 unspecified atom stereocenters. The Kier molecular flexibility index (Phi) is 12.8. The highest BCUT2D eigenvalue weighted by molar-refractivity contribution is 6.38. The van der Waals surface area contributed by atoms with Crippen molar-refractivity contribution in [2.75, 3.05) is 46.1 Å². The van der Waals surface area contributed by atoms with Gasteiger partial charge in [-0.3, -0.25) is 0 Å². The number of hydrogen-bond donors (Lipinski definition) is 0. The van der Waals surface area contributed by atoms with Gasteiger partial charge in [0.25, 0.3) is 0 Å². The summed E-state index contributed by atoms with van der Waals surface area (Å²) in [4.78, 5) is 2.38. The van der Waals surface area contributed by atoms with Crippen LogP contribution in [0.3, 0.4) is 0 Å². The molecule has 0 aromatic rings. The molecule has 0 amide bonds. The van der Waals surface area contributed by atoms with Crippen LogP contribution in [0, 0.1) is 0 Å². The molecule has 0 heterocycles. The molecule has 0 atom stereocenters. The van der Waals surface area contributed by atoms with Gasteiger partial charge < -0.3 is 19.1 Å². The lowest BCUT2D eigenvalue weighted by Crippen LogP contribution is -2.39. The molecule has 0 saturated carbocycles. The third kappa shape index (κ3) is 9.88. The second kappa shape index (κ2) is 12.8. The van der Waals surface area contributed by atoms with E-state index in [-0.39, 0.29) is 14.9 Å². The zero-order chi connectivity index (χ0) is 15.3. The Morgan fingerprint density at radius 2 is 1.55 bits per heavy atom. The first-order valence-corrected chi connectivity index (χ1v) is 9.90. The van der Waals surface area contributed by atoms with E-state index < -0.39 is 0 Å². The minimum atomic E-state index is -0.387. The highest BCUT2D eigenvalue weighted by atomic mass is 28.2. The van der Waals surface area contributed by atoms with Crippen molar-refractivity contribution in [3.63, 3.8) is 0 Å². The molecule has 5 heteroatoms. The zero-order valence-corrected chi connectivity index (χ0v) is 15.7. The molecule has 0 rings (SSSR count). The van der Waals surface area contributed by atoms with Gasteiger partial charge in [-0.15, -0.1) is 0 Å². The maximum absolute atomic E-state index is 5.75. The maximum Gasteiger partial charge on any atom is 0.142 e. The average molecular weight is 306 g/mol. The summed E-state index contributed by atoms with van der Waals surface area (Å²) in [5.41, 5.74) is -0.287.